The van der Waals surface area contributed by atoms with Crippen LogP contribution in [0.3, 0.4) is 0 Å². The number of hydrogen-bond acceptors (Lipinski definition) is 4. The van der Waals surface area contributed by atoms with Crippen molar-refractivity contribution in [3.8, 4) is 0 Å². The van der Waals surface area contributed by atoms with Crippen LogP contribution in [0.1, 0.15) is 44.9 Å². The first-order chi connectivity index (χ1) is 12.1. The van der Waals surface area contributed by atoms with Crippen LogP contribution in [0.2, 0.25) is 0 Å². The largest absolute Gasteiger partial charge is 0.480 e. The van der Waals surface area contributed by atoms with Crippen LogP contribution in [0.5, 0.6) is 0 Å². The molecule has 0 spiro atoms. The van der Waals surface area contributed by atoms with Gasteiger partial charge in [-0.3, -0.25) is 0 Å². The van der Waals surface area contributed by atoms with Crippen molar-refractivity contribution in [1.82, 2.24) is 15.1 Å². The zero-order chi connectivity index (χ0) is 17.6. The second-order valence-corrected chi connectivity index (χ2v) is 7.58. The van der Waals surface area contributed by atoms with Crippen molar-refractivity contribution in [2.75, 3.05) is 39.3 Å². The molecule has 2 saturated heterocycles. The number of carbonyl (C=O) groups excluding carboxylic acids is 1. The first-order valence-corrected chi connectivity index (χ1v) is 9.73. The van der Waals surface area contributed by atoms with E-state index < -0.39 is 5.97 Å². The quantitative estimate of drug-likeness (QED) is 0.725. The zero-order valence-electron chi connectivity index (χ0n) is 15.0. The van der Waals surface area contributed by atoms with Crippen LogP contribution in [-0.4, -0.2) is 78.4 Å². The van der Waals surface area contributed by atoms with Gasteiger partial charge in [-0.1, -0.05) is 0 Å². The topological polar surface area (TPSA) is 82.1 Å². The van der Waals surface area contributed by atoms with E-state index in [1.165, 1.54) is 12.8 Å². The van der Waals surface area contributed by atoms with E-state index in [2.05, 4.69) is 5.32 Å². The molecule has 3 rings (SSSR count). The molecule has 2 N–H and O–H groups in total. The van der Waals surface area contributed by atoms with Crippen molar-refractivity contribution in [2.24, 2.45) is 5.92 Å². The molecule has 2 aliphatic heterocycles. The monoisotopic (exact) mass is 353 g/mol. The molecule has 25 heavy (non-hydrogen) atoms. The van der Waals surface area contributed by atoms with Gasteiger partial charge in [-0.25, -0.2) is 9.59 Å². The maximum absolute atomic E-state index is 12.7. The predicted molar refractivity (Wildman–Crippen MR) is 93.5 cm³/mol. The lowest BCUT2D eigenvalue weighted by Gasteiger charge is -2.34. The number of aliphatic carboxylic acids is 1. The molecule has 0 radical (unpaired) electrons. The van der Waals surface area contributed by atoms with Gasteiger partial charge in [0.15, 0.2) is 0 Å². The molecule has 7 heteroatoms. The number of carboxylic acids is 1. The predicted octanol–water partition coefficient (Wildman–Crippen LogP) is 1.53. The van der Waals surface area contributed by atoms with Gasteiger partial charge in [-0.2, -0.15) is 0 Å². The number of amides is 2. The van der Waals surface area contributed by atoms with Crippen LogP contribution in [0.15, 0.2) is 0 Å². The van der Waals surface area contributed by atoms with Gasteiger partial charge in [0.25, 0.3) is 0 Å². The lowest BCUT2D eigenvalue weighted by atomic mass is 9.92. The molecule has 2 amide bonds. The second kappa shape index (κ2) is 8.85. The Morgan fingerprint density at radius 1 is 1.12 bits per heavy atom. The number of carbonyl (C=O) groups is 2. The third-order valence-electron chi connectivity index (χ3n) is 5.92. The van der Waals surface area contributed by atoms with E-state index in [9.17, 15) is 9.59 Å². The van der Waals surface area contributed by atoms with Crippen LogP contribution >= 0.6 is 0 Å². The third kappa shape index (κ3) is 5.07. The Bertz CT molecular complexity index is 459. The van der Waals surface area contributed by atoms with E-state index in [0.29, 0.717) is 6.04 Å². The molecule has 142 valence electrons. The summed E-state index contributed by atoms with van der Waals surface area (Å²) in [4.78, 5) is 27.3. The molecule has 2 heterocycles. The van der Waals surface area contributed by atoms with Gasteiger partial charge in [0.2, 0.25) is 0 Å². The Labute approximate surface area is 149 Å². The molecular weight excluding hydrogens is 322 g/mol. The minimum Gasteiger partial charge on any atom is -0.480 e. The standard InChI is InChI=1S/C18H31N3O4/c22-17(23)13-25-16-3-1-15(2-4-16)21-12-11-20(18(21)24)10-7-14-5-8-19-9-6-14/h14-16,19H,1-13H2,(H,22,23)/t15-,16-. The number of nitrogens with zero attached hydrogens (tertiary/aromatic N) is 2. The summed E-state index contributed by atoms with van der Waals surface area (Å²) in [6, 6.07) is 0.491. The summed E-state index contributed by atoms with van der Waals surface area (Å²) in [6.45, 7) is 4.56. The molecule has 1 saturated carbocycles. The summed E-state index contributed by atoms with van der Waals surface area (Å²) < 4.78 is 5.39. The van der Waals surface area contributed by atoms with E-state index in [4.69, 9.17) is 9.84 Å². The fraction of sp³-hybridized carbons (Fsp3) is 0.889. The van der Waals surface area contributed by atoms with Crippen molar-refractivity contribution >= 4 is 12.0 Å². The summed E-state index contributed by atoms with van der Waals surface area (Å²) in [6.07, 6.45) is 7.13. The van der Waals surface area contributed by atoms with E-state index in [-0.39, 0.29) is 18.7 Å². The third-order valence-corrected chi connectivity index (χ3v) is 5.92. The molecular formula is C18H31N3O4. The molecule has 7 nitrogen and oxygen atoms in total. The molecule has 0 unspecified atom stereocenters. The summed E-state index contributed by atoms with van der Waals surface area (Å²) in [5, 5.41) is 12.1. The number of piperidine rings is 1. The zero-order valence-corrected chi connectivity index (χ0v) is 15.0. The van der Waals surface area contributed by atoms with Crippen LogP contribution in [0.25, 0.3) is 0 Å². The SMILES string of the molecule is O=C(O)CO[C@H]1CC[C@H](N2CCN(CCC3CCNCC3)C2=O)CC1. The number of hydrogen-bond donors (Lipinski definition) is 2. The number of nitrogens with one attached hydrogen (secondary N) is 1. The highest BCUT2D eigenvalue weighted by Crippen LogP contribution is 2.28. The highest BCUT2D eigenvalue weighted by atomic mass is 16.5. The van der Waals surface area contributed by atoms with Crippen molar-refractivity contribution in [1.29, 1.82) is 0 Å². The van der Waals surface area contributed by atoms with Gasteiger partial charge >= 0.3 is 12.0 Å². The van der Waals surface area contributed by atoms with Gasteiger partial charge in [0.1, 0.15) is 6.61 Å². The van der Waals surface area contributed by atoms with Crippen molar-refractivity contribution in [3.63, 3.8) is 0 Å². The van der Waals surface area contributed by atoms with E-state index in [1.807, 2.05) is 9.80 Å². The molecule has 1 aliphatic carbocycles. The van der Waals surface area contributed by atoms with Gasteiger partial charge in [-0.05, 0) is 64.0 Å². The number of carboxylic acid groups (broad SMARTS) is 1. The first-order valence-electron chi connectivity index (χ1n) is 9.73. The molecule has 0 aromatic carbocycles. The van der Waals surface area contributed by atoms with Gasteiger partial charge in [0, 0.05) is 25.7 Å². The first kappa shape index (κ1) is 18.5. The number of ether oxygens (including phenoxy) is 1. The van der Waals surface area contributed by atoms with E-state index >= 15 is 0 Å². The van der Waals surface area contributed by atoms with Crippen LogP contribution in [0.4, 0.5) is 4.79 Å². The van der Waals surface area contributed by atoms with Gasteiger partial charge in [-0.15, -0.1) is 0 Å². The molecule has 0 atom stereocenters. The van der Waals surface area contributed by atoms with Gasteiger partial charge < -0.3 is 25.0 Å². The lowest BCUT2D eigenvalue weighted by molar-refractivity contribution is -0.145. The van der Waals surface area contributed by atoms with Gasteiger partial charge in [0.05, 0.1) is 6.10 Å². The summed E-state index contributed by atoms with van der Waals surface area (Å²) in [5.41, 5.74) is 0. The molecule has 0 aromatic rings. The summed E-state index contributed by atoms with van der Waals surface area (Å²) in [7, 11) is 0. The Balaban J connectivity index is 1.39. The Morgan fingerprint density at radius 3 is 2.52 bits per heavy atom. The van der Waals surface area contributed by atoms with Crippen LogP contribution < -0.4 is 5.32 Å². The van der Waals surface area contributed by atoms with E-state index in [1.54, 1.807) is 0 Å². The Kier molecular flexibility index (Phi) is 6.53. The highest BCUT2D eigenvalue weighted by Gasteiger charge is 2.35. The lowest BCUT2D eigenvalue weighted by Crippen LogP contribution is -2.42. The normalized spacial score (nSPS) is 28.6. The van der Waals surface area contributed by atoms with Crippen molar-refractivity contribution < 1.29 is 19.4 Å². The minimum absolute atomic E-state index is 0.0288. The Morgan fingerprint density at radius 2 is 1.84 bits per heavy atom. The Hall–Kier alpha value is -1.34. The smallest absolute Gasteiger partial charge is 0.329 e. The maximum atomic E-state index is 12.7. The molecule has 0 aromatic heterocycles. The summed E-state index contributed by atoms with van der Waals surface area (Å²) in [5.74, 6) is -0.161. The fourth-order valence-corrected chi connectivity index (χ4v) is 4.37. The van der Waals surface area contributed by atoms with E-state index in [0.717, 1.165) is 70.7 Å². The highest BCUT2D eigenvalue weighted by molar-refractivity contribution is 5.76. The molecule has 0 bridgehead atoms. The fourth-order valence-electron chi connectivity index (χ4n) is 4.37. The average molecular weight is 353 g/mol. The van der Waals surface area contributed by atoms with Crippen molar-refractivity contribution in [3.05, 3.63) is 0 Å². The van der Waals surface area contributed by atoms with Crippen LogP contribution in [0, 0.1) is 5.92 Å². The average Bonchev–Trinajstić information content (AvgIpc) is 3.00. The summed E-state index contributed by atoms with van der Waals surface area (Å²) >= 11 is 0. The maximum Gasteiger partial charge on any atom is 0.329 e. The molecule has 3 aliphatic rings. The van der Waals surface area contributed by atoms with Crippen LogP contribution in [-0.2, 0) is 9.53 Å². The van der Waals surface area contributed by atoms with Crippen molar-refractivity contribution in [2.45, 2.75) is 57.1 Å². The second-order valence-electron chi connectivity index (χ2n) is 7.58. The minimum atomic E-state index is -0.916. The number of rotatable bonds is 7. The number of urea groups is 1. The molecule has 3 fully saturated rings.